The van der Waals surface area contributed by atoms with Gasteiger partial charge in [0.1, 0.15) is 11.5 Å². The number of Topliss-reactive ketones (excluding diaryl/α,β-unsaturated/α-hetero) is 1. The van der Waals surface area contributed by atoms with Gasteiger partial charge in [-0.15, -0.1) is 0 Å². The minimum Gasteiger partial charge on any atom is -0.508 e. The SMILES string of the molecule is C[C@]12CC[C@@H]3c4ccc(O)cc4CC[C@H]3[C@@H]1C(CCCCCC(=O)O)CC2=O. The summed E-state index contributed by atoms with van der Waals surface area (Å²) in [6, 6.07) is 5.86. The van der Waals surface area contributed by atoms with Gasteiger partial charge in [-0.2, -0.15) is 0 Å². The minimum atomic E-state index is -0.717. The number of fused-ring (bicyclic) bond motifs is 5. The average molecular weight is 385 g/mol. The predicted octanol–water partition coefficient (Wildman–Crippen LogP) is 5.08. The number of phenols is 1. The summed E-state index contributed by atoms with van der Waals surface area (Å²) in [5, 5.41) is 18.7. The molecule has 5 atom stereocenters. The molecule has 28 heavy (non-hydrogen) atoms. The molecule has 0 heterocycles. The molecule has 0 saturated heterocycles. The van der Waals surface area contributed by atoms with Crippen molar-refractivity contribution in [3.05, 3.63) is 29.3 Å². The summed E-state index contributed by atoms with van der Waals surface area (Å²) in [7, 11) is 0. The van der Waals surface area contributed by atoms with Crippen LogP contribution in [0.25, 0.3) is 0 Å². The van der Waals surface area contributed by atoms with Gasteiger partial charge in [-0.25, -0.2) is 0 Å². The van der Waals surface area contributed by atoms with E-state index in [0.717, 1.165) is 51.4 Å². The van der Waals surface area contributed by atoms with E-state index in [4.69, 9.17) is 5.11 Å². The number of hydrogen-bond acceptors (Lipinski definition) is 3. The summed E-state index contributed by atoms with van der Waals surface area (Å²) < 4.78 is 0. The predicted molar refractivity (Wildman–Crippen MR) is 107 cm³/mol. The molecule has 1 aromatic carbocycles. The third kappa shape index (κ3) is 3.35. The van der Waals surface area contributed by atoms with E-state index in [0.29, 0.717) is 41.6 Å². The van der Waals surface area contributed by atoms with Crippen LogP contribution in [0, 0.1) is 23.2 Å². The number of aryl methyl sites for hydroxylation is 1. The second kappa shape index (κ2) is 7.53. The molecule has 1 unspecified atom stereocenters. The number of aliphatic carboxylic acids is 1. The first kappa shape index (κ1) is 19.5. The Morgan fingerprint density at radius 3 is 2.82 bits per heavy atom. The second-order valence-corrected chi connectivity index (χ2v) is 9.55. The molecule has 3 aliphatic rings. The summed E-state index contributed by atoms with van der Waals surface area (Å²) in [6.07, 6.45) is 8.89. The van der Waals surface area contributed by atoms with Crippen molar-refractivity contribution >= 4 is 11.8 Å². The first-order chi connectivity index (χ1) is 13.4. The Morgan fingerprint density at radius 1 is 1.21 bits per heavy atom. The molecule has 2 N–H and O–H groups in total. The topological polar surface area (TPSA) is 74.6 Å². The highest BCUT2D eigenvalue weighted by Crippen LogP contribution is 2.62. The van der Waals surface area contributed by atoms with Crippen molar-refractivity contribution in [2.24, 2.45) is 23.2 Å². The lowest BCUT2D eigenvalue weighted by atomic mass is 9.54. The van der Waals surface area contributed by atoms with Gasteiger partial charge in [0.25, 0.3) is 0 Å². The highest BCUT2D eigenvalue weighted by Gasteiger charge is 2.58. The molecule has 1 aromatic rings. The van der Waals surface area contributed by atoms with E-state index in [1.807, 2.05) is 12.1 Å². The fourth-order valence-corrected chi connectivity index (χ4v) is 6.75. The Balaban J connectivity index is 1.50. The summed E-state index contributed by atoms with van der Waals surface area (Å²) >= 11 is 0. The quantitative estimate of drug-likeness (QED) is 0.671. The Labute approximate surface area is 167 Å². The van der Waals surface area contributed by atoms with Crippen LogP contribution in [-0.2, 0) is 16.0 Å². The Kier molecular flexibility index (Phi) is 5.24. The number of benzene rings is 1. The van der Waals surface area contributed by atoms with Crippen molar-refractivity contribution in [2.45, 2.75) is 77.0 Å². The number of carbonyl (C=O) groups is 2. The van der Waals surface area contributed by atoms with E-state index in [9.17, 15) is 14.7 Å². The van der Waals surface area contributed by atoms with Crippen LogP contribution in [0.3, 0.4) is 0 Å². The number of carboxylic acids is 1. The Hall–Kier alpha value is -1.84. The van der Waals surface area contributed by atoms with Gasteiger partial charge in [0.2, 0.25) is 0 Å². The van der Waals surface area contributed by atoms with Gasteiger partial charge < -0.3 is 10.2 Å². The maximum absolute atomic E-state index is 13.0. The van der Waals surface area contributed by atoms with E-state index < -0.39 is 5.97 Å². The third-order valence-corrected chi connectivity index (χ3v) is 8.02. The van der Waals surface area contributed by atoms with E-state index >= 15 is 0 Å². The number of ketones is 1. The molecule has 0 aromatic heterocycles. The summed E-state index contributed by atoms with van der Waals surface area (Å²) in [5.41, 5.74) is 2.52. The van der Waals surface area contributed by atoms with Gasteiger partial charge in [0.05, 0.1) is 0 Å². The van der Waals surface area contributed by atoms with Crippen LogP contribution in [0.15, 0.2) is 18.2 Å². The van der Waals surface area contributed by atoms with Crippen LogP contribution in [0.1, 0.15) is 81.8 Å². The monoisotopic (exact) mass is 384 g/mol. The Morgan fingerprint density at radius 2 is 2.04 bits per heavy atom. The lowest BCUT2D eigenvalue weighted by Gasteiger charge is -2.50. The molecule has 0 spiro atoms. The molecule has 0 aliphatic heterocycles. The zero-order valence-electron chi connectivity index (χ0n) is 16.8. The van der Waals surface area contributed by atoms with Gasteiger partial charge in [-0.3, -0.25) is 9.59 Å². The maximum Gasteiger partial charge on any atom is 0.303 e. The van der Waals surface area contributed by atoms with Gasteiger partial charge >= 0.3 is 5.97 Å². The highest BCUT2D eigenvalue weighted by molar-refractivity contribution is 5.87. The van der Waals surface area contributed by atoms with Gasteiger partial charge in [0, 0.05) is 18.3 Å². The first-order valence-electron chi connectivity index (χ1n) is 11.0. The van der Waals surface area contributed by atoms with Crippen LogP contribution < -0.4 is 0 Å². The van der Waals surface area contributed by atoms with E-state index in [1.54, 1.807) is 0 Å². The van der Waals surface area contributed by atoms with Crippen molar-refractivity contribution in [1.29, 1.82) is 0 Å². The molecule has 152 valence electrons. The van der Waals surface area contributed by atoms with Gasteiger partial charge in [0.15, 0.2) is 0 Å². The second-order valence-electron chi connectivity index (χ2n) is 9.55. The van der Waals surface area contributed by atoms with Crippen LogP contribution in [0.4, 0.5) is 0 Å². The largest absolute Gasteiger partial charge is 0.508 e. The van der Waals surface area contributed by atoms with E-state index in [-0.39, 0.29) is 11.8 Å². The van der Waals surface area contributed by atoms with Gasteiger partial charge in [-0.1, -0.05) is 25.8 Å². The fraction of sp³-hybridized carbons (Fsp3) is 0.667. The standard InChI is InChI=1S/C24H32O4/c1-24-12-11-19-18-10-8-17(25)13-15(18)7-9-20(19)23(24)16(14-21(24)26)5-3-2-4-6-22(27)28/h8,10,13,16,19-20,23,25H,2-7,9,11-12,14H2,1H3,(H,27,28)/t16?,19-,20-,23+,24-/m1/s1. The Bertz CT molecular complexity index is 770. The normalized spacial score (nSPS) is 33.8. The van der Waals surface area contributed by atoms with Crippen molar-refractivity contribution < 1.29 is 19.8 Å². The molecular weight excluding hydrogens is 352 g/mol. The zero-order valence-corrected chi connectivity index (χ0v) is 16.8. The van der Waals surface area contributed by atoms with Crippen LogP contribution in [0.5, 0.6) is 5.75 Å². The first-order valence-corrected chi connectivity index (χ1v) is 11.0. The molecule has 4 heteroatoms. The molecular formula is C24H32O4. The average Bonchev–Trinajstić information content (AvgIpc) is 2.91. The fourth-order valence-electron chi connectivity index (χ4n) is 6.75. The number of carbonyl (C=O) groups excluding carboxylic acids is 1. The van der Waals surface area contributed by atoms with Crippen molar-refractivity contribution in [3.63, 3.8) is 0 Å². The smallest absolute Gasteiger partial charge is 0.303 e. The number of aromatic hydroxyl groups is 1. The third-order valence-electron chi connectivity index (χ3n) is 8.02. The molecule has 0 amide bonds. The number of hydrogen-bond donors (Lipinski definition) is 2. The molecule has 0 bridgehead atoms. The van der Waals surface area contributed by atoms with E-state index in [1.165, 1.54) is 11.1 Å². The minimum absolute atomic E-state index is 0.165. The van der Waals surface area contributed by atoms with E-state index in [2.05, 4.69) is 13.0 Å². The molecule has 0 radical (unpaired) electrons. The molecule has 4 rings (SSSR count). The molecule has 2 fully saturated rings. The molecule has 3 aliphatic carbocycles. The summed E-state index contributed by atoms with van der Waals surface area (Å²) in [4.78, 5) is 23.7. The summed E-state index contributed by atoms with van der Waals surface area (Å²) in [6.45, 7) is 2.22. The number of rotatable bonds is 6. The number of carboxylic acid groups (broad SMARTS) is 1. The molecule has 4 nitrogen and oxygen atoms in total. The summed E-state index contributed by atoms with van der Waals surface area (Å²) in [5.74, 6) is 2.09. The maximum atomic E-state index is 13.0. The van der Waals surface area contributed by atoms with Gasteiger partial charge in [-0.05, 0) is 85.5 Å². The van der Waals surface area contributed by atoms with Crippen LogP contribution in [-0.4, -0.2) is 22.0 Å². The van der Waals surface area contributed by atoms with Crippen LogP contribution in [0.2, 0.25) is 0 Å². The number of phenolic OH excluding ortho intramolecular Hbond substituents is 1. The van der Waals surface area contributed by atoms with Crippen molar-refractivity contribution in [2.75, 3.05) is 0 Å². The zero-order chi connectivity index (χ0) is 19.9. The van der Waals surface area contributed by atoms with Crippen molar-refractivity contribution in [1.82, 2.24) is 0 Å². The number of unbranched alkanes of at least 4 members (excludes halogenated alkanes) is 2. The molecule has 2 saturated carbocycles. The van der Waals surface area contributed by atoms with Crippen LogP contribution >= 0.6 is 0 Å². The van der Waals surface area contributed by atoms with Crippen molar-refractivity contribution in [3.8, 4) is 5.75 Å². The highest BCUT2D eigenvalue weighted by atomic mass is 16.4. The lowest BCUT2D eigenvalue weighted by Crippen LogP contribution is -2.44. The lowest BCUT2D eigenvalue weighted by molar-refractivity contribution is -0.137.